The van der Waals surface area contributed by atoms with Crippen molar-refractivity contribution in [3.05, 3.63) is 138 Å². The number of nitrogens with zero attached hydrogens (tertiary/aromatic N) is 2. The monoisotopic (exact) mass is 430 g/mol. The first-order chi connectivity index (χ1) is 15.9. The van der Waals surface area contributed by atoms with Gasteiger partial charge in [-0.3, -0.25) is 0 Å². The van der Waals surface area contributed by atoms with Gasteiger partial charge in [0, 0.05) is 21.6 Å². The van der Waals surface area contributed by atoms with Gasteiger partial charge in [-0.05, 0) is 28.8 Å². The molecule has 0 saturated carbocycles. The molecule has 32 heavy (non-hydrogen) atoms. The largest absolute Gasteiger partial charge is 0.232 e. The molecule has 6 rings (SSSR count). The van der Waals surface area contributed by atoms with Gasteiger partial charge in [0.2, 0.25) is 0 Å². The summed E-state index contributed by atoms with van der Waals surface area (Å²) in [6.07, 6.45) is 1.89. The molecule has 2 unspecified atom stereocenters. The van der Waals surface area contributed by atoms with Gasteiger partial charge in [-0.2, -0.15) is 5.10 Å². The highest BCUT2D eigenvalue weighted by Gasteiger charge is 2.37. The van der Waals surface area contributed by atoms with E-state index in [4.69, 9.17) is 5.10 Å². The topological polar surface area (TPSA) is 17.8 Å². The van der Waals surface area contributed by atoms with E-state index in [9.17, 15) is 0 Å². The molecule has 0 bridgehead atoms. The van der Waals surface area contributed by atoms with Crippen molar-refractivity contribution >= 4 is 11.8 Å². The predicted octanol–water partition coefficient (Wildman–Crippen LogP) is 7.52. The molecular formula is C29H22N2S. The molecule has 1 aliphatic rings. The summed E-state index contributed by atoms with van der Waals surface area (Å²) < 4.78 is 2.09. The van der Waals surface area contributed by atoms with Gasteiger partial charge in [0.15, 0.2) is 0 Å². The molecule has 2 nitrogen and oxygen atoms in total. The fraction of sp³-hybridized carbons (Fsp3) is 0.0690. The van der Waals surface area contributed by atoms with Gasteiger partial charge < -0.3 is 0 Å². The second kappa shape index (κ2) is 8.18. The van der Waals surface area contributed by atoms with Crippen LogP contribution in [-0.2, 0) is 0 Å². The number of hydrogen-bond donors (Lipinski definition) is 0. The van der Waals surface area contributed by atoms with Crippen LogP contribution in [0.4, 0.5) is 0 Å². The summed E-state index contributed by atoms with van der Waals surface area (Å²) in [4.78, 5) is 1.32. The van der Waals surface area contributed by atoms with Crippen molar-refractivity contribution in [2.75, 3.05) is 0 Å². The van der Waals surface area contributed by atoms with E-state index in [0.29, 0.717) is 11.2 Å². The van der Waals surface area contributed by atoms with E-state index in [1.807, 2.05) is 18.0 Å². The van der Waals surface area contributed by atoms with Crippen LogP contribution in [0.3, 0.4) is 0 Å². The lowest BCUT2D eigenvalue weighted by Crippen LogP contribution is -2.05. The number of thioether (sulfide) groups is 1. The average Bonchev–Trinajstić information content (AvgIpc) is 3.51. The minimum absolute atomic E-state index is 0.300. The Morgan fingerprint density at radius 2 is 1.28 bits per heavy atom. The number of hydrogen-bond acceptors (Lipinski definition) is 2. The van der Waals surface area contributed by atoms with Gasteiger partial charge in [0.05, 0.1) is 17.6 Å². The molecule has 0 N–H and O–H groups in total. The van der Waals surface area contributed by atoms with Crippen LogP contribution in [0.1, 0.15) is 27.9 Å². The third-order valence-corrected chi connectivity index (χ3v) is 7.61. The molecule has 154 valence electrons. The van der Waals surface area contributed by atoms with E-state index < -0.39 is 0 Å². The summed E-state index contributed by atoms with van der Waals surface area (Å²) in [5.41, 5.74) is 7.52. The highest BCUT2D eigenvalue weighted by Crippen LogP contribution is 2.58. The SMILES string of the molecule is c1ccc(-c2ccnn2-c2cccc3c2SC(c2ccccc2)C3c2ccccc2)cc1. The van der Waals surface area contributed by atoms with E-state index in [1.54, 1.807) is 0 Å². The number of fused-ring (bicyclic) bond motifs is 1. The second-order valence-electron chi connectivity index (χ2n) is 8.03. The number of aromatic nitrogens is 2. The molecule has 0 amide bonds. The van der Waals surface area contributed by atoms with Gasteiger partial charge in [-0.1, -0.05) is 103 Å². The first-order valence-corrected chi connectivity index (χ1v) is 11.8. The Labute approximate surface area is 192 Å². The molecule has 3 heteroatoms. The first-order valence-electron chi connectivity index (χ1n) is 10.9. The zero-order chi connectivity index (χ0) is 21.3. The highest BCUT2D eigenvalue weighted by atomic mass is 32.2. The minimum atomic E-state index is 0.300. The lowest BCUT2D eigenvalue weighted by atomic mass is 9.85. The van der Waals surface area contributed by atoms with Crippen LogP contribution in [-0.4, -0.2) is 9.78 Å². The van der Waals surface area contributed by atoms with E-state index >= 15 is 0 Å². The Balaban J connectivity index is 1.52. The van der Waals surface area contributed by atoms with Crippen LogP contribution >= 0.6 is 11.8 Å². The standard InChI is InChI=1S/C29H22N2S/c1-4-11-21(12-5-1)25-19-20-30-31(25)26-18-10-17-24-27(22-13-6-2-7-14-22)28(32-29(24)26)23-15-8-3-9-16-23/h1-20,27-28H. The van der Waals surface area contributed by atoms with Gasteiger partial charge in [0.1, 0.15) is 0 Å². The molecule has 5 aromatic rings. The van der Waals surface area contributed by atoms with Gasteiger partial charge in [0.25, 0.3) is 0 Å². The molecule has 4 aromatic carbocycles. The first kappa shape index (κ1) is 19.1. The van der Waals surface area contributed by atoms with E-state index in [2.05, 4.69) is 120 Å². The predicted molar refractivity (Wildman–Crippen MR) is 132 cm³/mol. The van der Waals surface area contributed by atoms with Crippen molar-refractivity contribution in [2.24, 2.45) is 0 Å². The van der Waals surface area contributed by atoms with Crippen LogP contribution in [0.2, 0.25) is 0 Å². The van der Waals surface area contributed by atoms with Crippen LogP contribution in [0, 0.1) is 0 Å². The molecule has 0 saturated heterocycles. The van der Waals surface area contributed by atoms with Crippen molar-refractivity contribution in [3.63, 3.8) is 0 Å². The highest BCUT2D eigenvalue weighted by molar-refractivity contribution is 8.00. The molecule has 0 fully saturated rings. The smallest absolute Gasteiger partial charge is 0.0791 e. The minimum Gasteiger partial charge on any atom is -0.232 e. The van der Waals surface area contributed by atoms with Gasteiger partial charge in [-0.25, -0.2) is 4.68 Å². The maximum atomic E-state index is 4.74. The summed E-state index contributed by atoms with van der Waals surface area (Å²) in [6, 6.07) is 41.0. The third-order valence-electron chi connectivity index (χ3n) is 6.13. The Hall–Kier alpha value is -3.56. The van der Waals surface area contributed by atoms with Crippen LogP contribution in [0.5, 0.6) is 0 Å². The summed E-state index contributed by atoms with van der Waals surface area (Å²) in [6.45, 7) is 0. The molecule has 1 aliphatic heterocycles. The number of benzene rings is 4. The van der Waals surface area contributed by atoms with E-state index in [-0.39, 0.29) is 0 Å². The zero-order valence-corrected chi connectivity index (χ0v) is 18.3. The molecular weight excluding hydrogens is 408 g/mol. The van der Waals surface area contributed by atoms with Crippen LogP contribution < -0.4 is 0 Å². The van der Waals surface area contributed by atoms with Crippen LogP contribution in [0.25, 0.3) is 16.9 Å². The van der Waals surface area contributed by atoms with E-state index in [1.165, 1.54) is 27.1 Å². The molecule has 0 aliphatic carbocycles. The number of rotatable bonds is 4. The van der Waals surface area contributed by atoms with Crippen molar-refractivity contribution < 1.29 is 0 Å². The Bertz CT molecular complexity index is 1340. The quantitative estimate of drug-likeness (QED) is 0.293. The van der Waals surface area contributed by atoms with E-state index in [0.717, 1.165) is 11.4 Å². The molecule has 1 aromatic heterocycles. The Kier molecular flexibility index (Phi) is 4.89. The summed E-state index contributed by atoms with van der Waals surface area (Å²) in [5.74, 6) is 0.300. The Morgan fingerprint density at radius 1 is 0.625 bits per heavy atom. The summed E-state index contributed by atoms with van der Waals surface area (Å²) in [7, 11) is 0. The maximum Gasteiger partial charge on any atom is 0.0791 e. The van der Waals surface area contributed by atoms with Crippen molar-refractivity contribution in [1.82, 2.24) is 9.78 Å². The lowest BCUT2D eigenvalue weighted by molar-refractivity contribution is 0.790. The average molecular weight is 431 g/mol. The fourth-order valence-corrected chi connectivity index (χ4v) is 6.27. The van der Waals surface area contributed by atoms with Crippen molar-refractivity contribution in [2.45, 2.75) is 16.1 Å². The molecule has 0 radical (unpaired) electrons. The maximum absolute atomic E-state index is 4.74. The van der Waals surface area contributed by atoms with Crippen molar-refractivity contribution in [3.8, 4) is 16.9 Å². The third kappa shape index (κ3) is 3.26. The fourth-order valence-electron chi connectivity index (χ4n) is 4.68. The lowest BCUT2D eigenvalue weighted by Gasteiger charge is -2.20. The normalized spacial score (nSPS) is 17.2. The van der Waals surface area contributed by atoms with Gasteiger partial charge >= 0.3 is 0 Å². The second-order valence-corrected chi connectivity index (χ2v) is 9.18. The Morgan fingerprint density at radius 3 is 2.00 bits per heavy atom. The molecule has 0 spiro atoms. The summed E-state index contributed by atoms with van der Waals surface area (Å²) in [5, 5.41) is 5.06. The van der Waals surface area contributed by atoms with Crippen LogP contribution in [0.15, 0.2) is 126 Å². The molecule has 2 atom stereocenters. The van der Waals surface area contributed by atoms with Crippen molar-refractivity contribution in [1.29, 1.82) is 0 Å². The molecule has 2 heterocycles. The summed E-state index contributed by atoms with van der Waals surface area (Å²) >= 11 is 1.96. The zero-order valence-electron chi connectivity index (χ0n) is 17.5. The van der Waals surface area contributed by atoms with Gasteiger partial charge in [-0.15, -0.1) is 11.8 Å².